The highest BCUT2D eigenvalue weighted by Crippen LogP contribution is 2.28. The van der Waals surface area contributed by atoms with Gasteiger partial charge in [-0.05, 0) is 24.3 Å². The number of sulfone groups is 1. The van der Waals surface area contributed by atoms with Gasteiger partial charge in [0.15, 0.2) is 9.84 Å². The summed E-state index contributed by atoms with van der Waals surface area (Å²) >= 11 is 0. The number of ether oxygens (including phenoxy) is 1. The van der Waals surface area contributed by atoms with Crippen LogP contribution < -0.4 is 5.73 Å². The Morgan fingerprint density at radius 1 is 1.29 bits per heavy atom. The van der Waals surface area contributed by atoms with Crippen molar-refractivity contribution in [3.63, 3.8) is 0 Å². The Kier molecular flexibility index (Phi) is 5.41. The predicted octanol–water partition coefficient (Wildman–Crippen LogP) is 2.30. The van der Waals surface area contributed by atoms with Gasteiger partial charge in [-0.3, -0.25) is 0 Å². The van der Waals surface area contributed by atoms with Gasteiger partial charge in [-0.25, -0.2) is 8.42 Å². The first-order valence-corrected chi connectivity index (χ1v) is 9.27. The van der Waals surface area contributed by atoms with E-state index in [9.17, 15) is 8.42 Å². The molecule has 5 heteroatoms. The van der Waals surface area contributed by atoms with E-state index in [1.807, 2.05) is 44.2 Å². The molecule has 21 heavy (non-hydrogen) atoms. The van der Waals surface area contributed by atoms with Crippen LogP contribution in [0.2, 0.25) is 0 Å². The maximum absolute atomic E-state index is 12.8. The molecule has 1 heterocycles. The van der Waals surface area contributed by atoms with E-state index in [0.717, 1.165) is 18.4 Å². The third-order valence-corrected chi connectivity index (χ3v) is 6.56. The summed E-state index contributed by atoms with van der Waals surface area (Å²) in [6.45, 7) is 4.50. The van der Waals surface area contributed by atoms with Crippen LogP contribution in [0.5, 0.6) is 0 Å². The molecule has 0 radical (unpaired) electrons. The van der Waals surface area contributed by atoms with Crippen LogP contribution in [0.1, 0.15) is 38.3 Å². The lowest BCUT2D eigenvalue weighted by atomic mass is 9.97. The molecular weight excluding hydrogens is 286 g/mol. The lowest BCUT2D eigenvalue weighted by molar-refractivity contribution is 0.127. The number of benzene rings is 1. The lowest BCUT2D eigenvalue weighted by Gasteiger charge is -2.28. The first-order chi connectivity index (χ1) is 9.92. The Morgan fingerprint density at radius 2 is 1.95 bits per heavy atom. The zero-order valence-corrected chi connectivity index (χ0v) is 13.6. The molecule has 1 saturated heterocycles. The lowest BCUT2D eigenvalue weighted by Crippen LogP contribution is -2.41. The topological polar surface area (TPSA) is 69.4 Å². The fourth-order valence-electron chi connectivity index (χ4n) is 3.06. The SMILES string of the molecule is CC(C)C(C(N)c1ccccc1)S(=O)(=O)CC1CCCO1. The van der Waals surface area contributed by atoms with E-state index in [1.165, 1.54) is 0 Å². The summed E-state index contributed by atoms with van der Waals surface area (Å²) in [6.07, 6.45) is 1.60. The van der Waals surface area contributed by atoms with Crippen molar-refractivity contribution in [2.75, 3.05) is 12.4 Å². The van der Waals surface area contributed by atoms with Crippen molar-refractivity contribution in [2.24, 2.45) is 11.7 Å². The molecule has 4 nitrogen and oxygen atoms in total. The second-order valence-corrected chi connectivity index (χ2v) is 8.31. The monoisotopic (exact) mass is 311 g/mol. The number of hydrogen-bond donors (Lipinski definition) is 1. The Bertz CT molecular complexity index is 536. The van der Waals surface area contributed by atoms with Crippen molar-refractivity contribution in [3.05, 3.63) is 35.9 Å². The Labute approximate surface area is 127 Å². The van der Waals surface area contributed by atoms with Crippen molar-refractivity contribution >= 4 is 9.84 Å². The molecule has 2 rings (SSSR count). The summed E-state index contributed by atoms with van der Waals surface area (Å²) in [5.74, 6) is 0.0442. The van der Waals surface area contributed by atoms with Gasteiger partial charge in [0.25, 0.3) is 0 Å². The number of nitrogens with two attached hydrogens (primary N) is 1. The summed E-state index contributed by atoms with van der Waals surface area (Å²) in [4.78, 5) is 0. The fourth-order valence-corrected chi connectivity index (χ4v) is 5.50. The highest BCUT2D eigenvalue weighted by atomic mass is 32.2. The minimum atomic E-state index is -3.30. The minimum absolute atomic E-state index is 0.0355. The molecule has 3 unspecified atom stereocenters. The van der Waals surface area contributed by atoms with Gasteiger partial charge < -0.3 is 10.5 Å². The van der Waals surface area contributed by atoms with E-state index in [1.54, 1.807) is 0 Å². The highest BCUT2D eigenvalue weighted by Gasteiger charge is 2.37. The van der Waals surface area contributed by atoms with Crippen LogP contribution in [-0.2, 0) is 14.6 Å². The smallest absolute Gasteiger partial charge is 0.157 e. The van der Waals surface area contributed by atoms with Crippen LogP contribution in [0, 0.1) is 5.92 Å². The molecule has 1 aliphatic heterocycles. The zero-order valence-electron chi connectivity index (χ0n) is 12.7. The van der Waals surface area contributed by atoms with Crippen molar-refractivity contribution in [2.45, 2.75) is 44.1 Å². The van der Waals surface area contributed by atoms with E-state index in [4.69, 9.17) is 10.5 Å². The second-order valence-electron chi connectivity index (χ2n) is 6.11. The van der Waals surface area contributed by atoms with E-state index in [2.05, 4.69) is 0 Å². The zero-order chi connectivity index (χ0) is 15.5. The van der Waals surface area contributed by atoms with Crippen molar-refractivity contribution < 1.29 is 13.2 Å². The van der Waals surface area contributed by atoms with Gasteiger partial charge in [-0.1, -0.05) is 44.2 Å². The molecular formula is C16H25NO3S. The van der Waals surface area contributed by atoms with Gasteiger partial charge >= 0.3 is 0 Å². The third kappa shape index (κ3) is 4.05. The van der Waals surface area contributed by atoms with Crippen LogP contribution in [0.3, 0.4) is 0 Å². The van der Waals surface area contributed by atoms with Gasteiger partial charge in [0, 0.05) is 12.6 Å². The molecule has 1 fully saturated rings. The van der Waals surface area contributed by atoms with Crippen molar-refractivity contribution in [3.8, 4) is 0 Å². The van der Waals surface area contributed by atoms with Gasteiger partial charge in [0.2, 0.25) is 0 Å². The molecule has 0 aromatic heterocycles. The number of hydrogen-bond acceptors (Lipinski definition) is 4. The molecule has 1 aromatic rings. The molecule has 2 N–H and O–H groups in total. The molecule has 0 bridgehead atoms. The van der Waals surface area contributed by atoms with Gasteiger partial charge in [0.1, 0.15) is 0 Å². The van der Waals surface area contributed by atoms with Crippen LogP contribution in [0.25, 0.3) is 0 Å². The van der Waals surface area contributed by atoms with Crippen LogP contribution >= 0.6 is 0 Å². The quantitative estimate of drug-likeness (QED) is 0.875. The van der Waals surface area contributed by atoms with E-state index in [0.29, 0.717) is 6.61 Å². The summed E-state index contributed by atoms with van der Waals surface area (Å²) < 4.78 is 31.1. The molecule has 1 aliphatic rings. The maximum Gasteiger partial charge on any atom is 0.157 e. The minimum Gasteiger partial charge on any atom is -0.377 e. The van der Waals surface area contributed by atoms with Gasteiger partial charge in [-0.2, -0.15) is 0 Å². The normalized spacial score (nSPS) is 22.4. The van der Waals surface area contributed by atoms with E-state index in [-0.39, 0.29) is 17.8 Å². The molecule has 0 amide bonds. The van der Waals surface area contributed by atoms with Gasteiger partial charge in [0.05, 0.1) is 17.1 Å². The van der Waals surface area contributed by atoms with Crippen LogP contribution in [-0.4, -0.2) is 32.1 Å². The maximum atomic E-state index is 12.8. The summed E-state index contributed by atoms with van der Waals surface area (Å²) in [5, 5.41) is -0.580. The molecule has 0 aliphatic carbocycles. The van der Waals surface area contributed by atoms with Crippen molar-refractivity contribution in [1.29, 1.82) is 0 Å². The molecule has 118 valence electrons. The average molecular weight is 311 g/mol. The number of rotatable bonds is 6. The summed E-state index contributed by atoms with van der Waals surface area (Å²) in [6, 6.07) is 8.96. The molecule has 3 atom stereocenters. The second kappa shape index (κ2) is 6.90. The Morgan fingerprint density at radius 3 is 2.48 bits per heavy atom. The fraction of sp³-hybridized carbons (Fsp3) is 0.625. The predicted molar refractivity (Wildman–Crippen MR) is 84.8 cm³/mol. The van der Waals surface area contributed by atoms with E-state index < -0.39 is 21.1 Å². The largest absolute Gasteiger partial charge is 0.377 e. The Balaban J connectivity index is 2.21. The molecule has 0 spiro atoms. The van der Waals surface area contributed by atoms with Crippen LogP contribution in [0.15, 0.2) is 30.3 Å². The van der Waals surface area contributed by atoms with Crippen molar-refractivity contribution in [1.82, 2.24) is 0 Å². The van der Waals surface area contributed by atoms with Gasteiger partial charge in [-0.15, -0.1) is 0 Å². The standard InChI is InChI=1S/C16H25NO3S/c1-12(2)16(15(17)13-7-4-3-5-8-13)21(18,19)11-14-9-6-10-20-14/h3-5,7-8,12,14-16H,6,9-11,17H2,1-2H3. The van der Waals surface area contributed by atoms with Crippen LogP contribution in [0.4, 0.5) is 0 Å². The average Bonchev–Trinajstić information content (AvgIpc) is 2.91. The Hall–Kier alpha value is -0.910. The summed E-state index contributed by atoms with van der Waals surface area (Å²) in [7, 11) is -3.30. The van der Waals surface area contributed by atoms with E-state index >= 15 is 0 Å². The summed E-state index contributed by atoms with van der Waals surface area (Å²) in [5.41, 5.74) is 7.15. The molecule has 0 saturated carbocycles. The third-order valence-electron chi connectivity index (χ3n) is 4.05. The first-order valence-electron chi connectivity index (χ1n) is 7.55. The highest BCUT2D eigenvalue weighted by molar-refractivity contribution is 7.92. The first kappa shape index (κ1) is 16.5. The molecule has 1 aromatic carbocycles.